The maximum absolute atomic E-state index is 12.9. The van der Waals surface area contributed by atoms with Gasteiger partial charge in [0, 0.05) is 5.02 Å². The number of aryl methyl sites for hydroxylation is 1. The van der Waals surface area contributed by atoms with Crippen LogP contribution in [0.4, 0.5) is 14.5 Å². The van der Waals surface area contributed by atoms with Crippen molar-refractivity contribution in [1.29, 1.82) is 0 Å². The lowest BCUT2D eigenvalue weighted by atomic mass is 10.2. The van der Waals surface area contributed by atoms with Gasteiger partial charge >= 0.3 is 12.2 Å². The Kier molecular flexibility index (Phi) is 4.69. The molecule has 0 saturated carbocycles. The third-order valence-electron chi connectivity index (χ3n) is 2.71. The van der Waals surface area contributed by atoms with Gasteiger partial charge in [-0.2, -0.15) is 13.5 Å². The largest absolute Gasteiger partial charge is 0.355 e. The van der Waals surface area contributed by atoms with E-state index in [0.717, 1.165) is 6.26 Å². The van der Waals surface area contributed by atoms with Crippen LogP contribution >= 0.6 is 23.2 Å². The molecule has 0 atom stereocenters. The number of anilines is 1. The zero-order valence-electron chi connectivity index (χ0n) is 11.7. The van der Waals surface area contributed by atoms with Crippen LogP contribution in [0, 0.1) is 6.92 Å². The lowest BCUT2D eigenvalue weighted by molar-refractivity contribution is 0.0640. The summed E-state index contributed by atoms with van der Waals surface area (Å²) in [5.74, 6) is -0.263. The van der Waals surface area contributed by atoms with Crippen LogP contribution in [-0.2, 0) is 10.0 Å². The molecule has 0 radical (unpaired) electrons. The van der Waals surface area contributed by atoms with Gasteiger partial charge in [-0.25, -0.2) is 17.8 Å². The van der Waals surface area contributed by atoms with E-state index in [4.69, 9.17) is 23.2 Å². The summed E-state index contributed by atoms with van der Waals surface area (Å²) >= 11 is 11.8. The van der Waals surface area contributed by atoms with Crippen molar-refractivity contribution >= 4 is 38.9 Å². The molecular formula is C11H10Cl2F2N4O3S. The molecule has 0 amide bonds. The van der Waals surface area contributed by atoms with Crippen LogP contribution in [0.5, 0.6) is 0 Å². The third-order valence-corrected chi connectivity index (χ3v) is 3.81. The monoisotopic (exact) mass is 386 g/mol. The first-order valence-corrected chi connectivity index (χ1v) is 8.59. The second-order valence-corrected chi connectivity index (χ2v) is 7.14. The van der Waals surface area contributed by atoms with Crippen molar-refractivity contribution in [2.24, 2.45) is 0 Å². The van der Waals surface area contributed by atoms with Crippen molar-refractivity contribution in [1.82, 2.24) is 14.3 Å². The molecule has 2 rings (SSSR count). The highest BCUT2D eigenvalue weighted by Crippen LogP contribution is 2.32. The van der Waals surface area contributed by atoms with Crippen molar-refractivity contribution < 1.29 is 17.2 Å². The first-order valence-electron chi connectivity index (χ1n) is 5.95. The van der Waals surface area contributed by atoms with Crippen LogP contribution in [0.2, 0.25) is 10.0 Å². The number of nitrogens with zero attached hydrogens (tertiary/aromatic N) is 3. The summed E-state index contributed by atoms with van der Waals surface area (Å²) in [6, 6.07) is 2.42. The van der Waals surface area contributed by atoms with E-state index in [2.05, 4.69) is 9.82 Å². The standard InChI is InChI=1S/C11H10Cl2F2N4O3S/c1-5-16-19(11(20)18(5)10(14)15)9-7(13)3-6(12)4-8(9)17-23(2,21)22/h3-4,10,17H,1-2H3. The van der Waals surface area contributed by atoms with Gasteiger partial charge in [-0.3, -0.25) is 4.72 Å². The maximum Gasteiger partial charge on any atom is 0.355 e. The molecule has 0 unspecified atom stereocenters. The fourth-order valence-corrected chi connectivity index (χ4v) is 3.03. The second-order valence-electron chi connectivity index (χ2n) is 4.55. The molecular weight excluding hydrogens is 377 g/mol. The predicted molar refractivity (Wildman–Crippen MR) is 82.3 cm³/mol. The minimum atomic E-state index is -3.74. The molecule has 0 spiro atoms. The molecule has 0 aliphatic carbocycles. The Balaban J connectivity index is 2.79. The number of halogens is 4. The molecule has 12 heteroatoms. The van der Waals surface area contributed by atoms with E-state index in [-0.39, 0.29) is 31.8 Å². The summed E-state index contributed by atoms with van der Waals surface area (Å²) in [5, 5.41) is 3.66. The Bertz CT molecular complexity index is 924. The topological polar surface area (TPSA) is 86.0 Å². The zero-order chi connectivity index (χ0) is 17.5. The molecule has 1 aromatic heterocycles. The highest BCUT2D eigenvalue weighted by atomic mass is 35.5. The highest BCUT2D eigenvalue weighted by Gasteiger charge is 2.23. The van der Waals surface area contributed by atoms with Crippen LogP contribution < -0.4 is 10.4 Å². The summed E-state index contributed by atoms with van der Waals surface area (Å²) in [7, 11) is -3.74. The summed E-state index contributed by atoms with van der Waals surface area (Å²) in [6.07, 6.45) is 0.872. The summed E-state index contributed by atoms with van der Waals surface area (Å²) < 4.78 is 51.5. The average molecular weight is 387 g/mol. The number of hydrogen-bond acceptors (Lipinski definition) is 4. The van der Waals surface area contributed by atoms with Gasteiger partial charge in [-0.05, 0) is 19.1 Å². The minimum absolute atomic E-state index is 0.0861. The van der Waals surface area contributed by atoms with Crippen molar-refractivity contribution in [3.05, 3.63) is 38.5 Å². The highest BCUT2D eigenvalue weighted by molar-refractivity contribution is 7.92. The van der Waals surface area contributed by atoms with E-state index >= 15 is 0 Å². The molecule has 126 valence electrons. The van der Waals surface area contributed by atoms with E-state index in [1.54, 1.807) is 0 Å². The van der Waals surface area contributed by atoms with Crippen LogP contribution in [-0.4, -0.2) is 29.0 Å². The number of aromatic nitrogens is 3. The van der Waals surface area contributed by atoms with E-state index in [0.29, 0.717) is 4.68 Å². The van der Waals surface area contributed by atoms with Crippen molar-refractivity contribution in [2.45, 2.75) is 13.5 Å². The number of alkyl halides is 2. The smallest absolute Gasteiger partial charge is 0.281 e. The molecule has 1 N–H and O–H groups in total. The van der Waals surface area contributed by atoms with Crippen LogP contribution in [0.1, 0.15) is 12.4 Å². The van der Waals surface area contributed by atoms with E-state index in [1.807, 2.05) is 0 Å². The summed E-state index contributed by atoms with van der Waals surface area (Å²) in [6.45, 7) is -1.90. The molecule has 23 heavy (non-hydrogen) atoms. The number of benzene rings is 1. The lowest BCUT2D eigenvalue weighted by Crippen LogP contribution is -2.26. The molecule has 1 aromatic carbocycles. The first-order chi connectivity index (χ1) is 10.5. The number of nitrogens with one attached hydrogen (secondary N) is 1. The Hall–Kier alpha value is -1.65. The summed E-state index contributed by atoms with van der Waals surface area (Å²) in [5.41, 5.74) is -1.53. The molecule has 1 heterocycles. The van der Waals surface area contributed by atoms with Crippen molar-refractivity contribution in [3.8, 4) is 5.69 Å². The lowest BCUT2D eigenvalue weighted by Gasteiger charge is -2.12. The molecule has 0 bridgehead atoms. The zero-order valence-corrected chi connectivity index (χ0v) is 14.0. The Labute approximate surface area is 139 Å². The van der Waals surface area contributed by atoms with Gasteiger partial charge < -0.3 is 0 Å². The number of sulfonamides is 1. The maximum atomic E-state index is 12.9. The van der Waals surface area contributed by atoms with Gasteiger partial charge in [0.15, 0.2) is 0 Å². The minimum Gasteiger partial charge on any atom is -0.281 e. The van der Waals surface area contributed by atoms with Gasteiger partial charge in [-0.1, -0.05) is 23.2 Å². The molecule has 0 fully saturated rings. The molecule has 7 nitrogen and oxygen atoms in total. The number of hydrogen-bond donors (Lipinski definition) is 1. The van der Waals surface area contributed by atoms with E-state index in [1.165, 1.54) is 19.1 Å². The SMILES string of the molecule is Cc1nn(-c2c(Cl)cc(Cl)cc2NS(C)(=O)=O)c(=O)n1C(F)F. The first kappa shape index (κ1) is 17.7. The quantitative estimate of drug-likeness (QED) is 0.873. The van der Waals surface area contributed by atoms with Crippen LogP contribution in [0.25, 0.3) is 5.69 Å². The van der Waals surface area contributed by atoms with Crippen LogP contribution in [0.15, 0.2) is 16.9 Å². The van der Waals surface area contributed by atoms with Gasteiger partial charge in [-0.15, -0.1) is 5.10 Å². The molecule has 0 aliphatic heterocycles. The predicted octanol–water partition coefficient (Wildman–Crippen LogP) is 2.42. The Morgan fingerprint density at radius 2 is 1.91 bits per heavy atom. The summed E-state index contributed by atoms with van der Waals surface area (Å²) in [4.78, 5) is 12.1. The van der Waals surface area contributed by atoms with E-state index < -0.39 is 22.3 Å². The third kappa shape index (κ3) is 3.65. The normalized spacial score (nSPS) is 12.0. The van der Waals surface area contributed by atoms with Crippen molar-refractivity contribution in [3.63, 3.8) is 0 Å². The second kappa shape index (κ2) is 6.10. The molecule has 0 saturated heterocycles. The Morgan fingerprint density at radius 1 is 1.30 bits per heavy atom. The van der Waals surface area contributed by atoms with Crippen LogP contribution in [0.3, 0.4) is 0 Å². The fourth-order valence-electron chi connectivity index (χ4n) is 1.91. The Morgan fingerprint density at radius 3 is 2.39 bits per heavy atom. The average Bonchev–Trinajstić information content (AvgIpc) is 2.61. The van der Waals surface area contributed by atoms with Crippen molar-refractivity contribution in [2.75, 3.05) is 11.0 Å². The molecule has 0 aliphatic rings. The van der Waals surface area contributed by atoms with Gasteiger partial charge in [0.05, 0.1) is 17.0 Å². The van der Waals surface area contributed by atoms with Gasteiger partial charge in [0.25, 0.3) is 0 Å². The fraction of sp³-hybridized carbons (Fsp3) is 0.273. The van der Waals surface area contributed by atoms with E-state index in [9.17, 15) is 22.0 Å². The van der Waals surface area contributed by atoms with Gasteiger partial charge in [0.2, 0.25) is 10.0 Å². The molecule has 2 aromatic rings. The van der Waals surface area contributed by atoms with Gasteiger partial charge in [0.1, 0.15) is 11.5 Å². The number of rotatable bonds is 4.